The molecule has 0 spiro atoms. The molecule has 2 heterocycles. The fraction of sp³-hybridized carbons (Fsp3) is 0.750. The molecule has 2 aliphatic heterocycles. The zero-order valence-electron chi connectivity index (χ0n) is 9.72. The van der Waals surface area contributed by atoms with Crippen molar-refractivity contribution in [2.75, 3.05) is 32.8 Å². The molecule has 0 aromatic heterocycles. The fourth-order valence-electron chi connectivity index (χ4n) is 2.45. The van der Waals surface area contributed by atoms with E-state index in [1.54, 1.807) is 6.08 Å². The molecule has 0 amide bonds. The van der Waals surface area contributed by atoms with Crippen molar-refractivity contribution in [2.24, 2.45) is 5.92 Å². The number of ether oxygens (including phenoxy) is 1. The molecule has 2 fully saturated rings. The molecule has 16 heavy (non-hydrogen) atoms. The van der Waals surface area contributed by atoms with Crippen LogP contribution in [0.5, 0.6) is 0 Å². The van der Waals surface area contributed by atoms with Gasteiger partial charge in [-0.15, -0.1) is 0 Å². The molecule has 0 radical (unpaired) electrons. The SMILES string of the molecule is CC(C=CC#N)N1CCNCC1C1COC1. The number of hydrogen-bond donors (Lipinski definition) is 1. The average Bonchev–Trinajstić information content (AvgIpc) is 2.24. The van der Waals surface area contributed by atoms with Crippen molar-refractivity contribution in [2.45, 2.75) is 19.0 Å². The number of hydrogen-bond acceptors (Lipinski definition) is 4. The highest BCUT2D eigenvalue weighted by Crippen LogP contribution is 2.23. The first-order valence-corrected chi connectivity index (χ1v) is 5.93. The summed E-state index contributed by atoms with van der Waals surface area (Å²) in [5.41, 5.74) is 0. The van der Waals surface area contributed by atoms with Gasteiger partial charge in [-0.2, -0.15) is 5.26 Å². The van der Waals surface area contributed by atoms with Crippen LogP contribution in [0.15, 0.2) is 12.2 Å². The van der Waals surface area contributed by atoms with Gasteiger partial charge >= 0.3 is 0 Å². The zero-order valence-corrected chi connectivity index (χ0v) is 9.72. The third-order valence-electron chi connectivity index (χ3n) is 3.51. The molecule has 1 N–H and O–H groups in total. The van der Waals surface area contributed by atoms with Gasteiger partial charge in [0.05, 0.1) is 19.3 Å². The minimum Gasteiger partial charge on any atom is -0.381 e. The van der Waals surface area contributed by atoms with Crippen LogP contribution in [-0.4, -0.2) is 49.8 Å². The van der Waals surface area contributed by atoms with Crippen LogP contribution >= 0.6 is 0 Å². The Morgan fingerprint density at radius 2 is 2.38 bits per heavy atom. The van der Waals surface area contributed by atoms with Crippen molar-refractivity contribution in [1.82, 2.24) is 10.2 Å². The van der Waals surface area contributed by atoms with E-state index in [1.807, 2.05) is 6.08 Å². The van der Waals surface area contributed by atoms with E-state index in [2.05, 4.69) is 23.2 Å². The predicted molar refractivity (Wildman–Crippen MR) is 61.9 cm³/mol. The number of nitriles is 1. The minimum atomic E-state index is 0.340. The van der Waals surface area contributed by atoms with E-state index in [0.29, 0.717) is 18.0 Å². The standard InChI is InChI=1S/C12H19N3O/c1-10(3-2-4-13)15-6-5-14-7-12(15)11-8-16-9-11/h2-3,10-12,14H,5-9H2,1H3. The maximum absolute atomic E-state index is 8.56. The summed E-state index contributed by atoms with van der Waals surface area (Å²) in [5, 5.41) is 12.0. The molecule has 2 rings (SSSR count). The lowest BCUT2D eigenvalue weighted by atomic mass is 9.93. The van der Waals surface area contributed by atoms with Crippen LogP contribution in [0.3, 0.4) is 0 Å². The second-order valence-electron chi connectivity index (χ2n) is 4.54. The Morgan fingerprint density at radius 3 is 3.00 bits per heavy atom. The molecule has 2 unspecified atom stereocenters. The summed E-state index contributed by atoms with van der Waals surface area (Å²) in [6.07, 6.45) is 3.57. The minimum absolute atomic E-state index is 0.340. The third-order valence-corrected chi connectivity index (χ3v) is 3.51. The summed E-state index contributed by atoms with van der Waals surface area (Å²) in [6.45, 7) is 7.06. The van der Waals surface area contributed by atoms with Crippen LogP contribution in [0.25, 0.3) is 0 Å². The quantitative estimate of drug-likeness (QED) is 0.700. The van der Waals surface area contributed by atoms with Crippen molar-refractivity contribution in [3.8, 4) is 6.07 Å². The van der Waals surface area contributed by atoms with Crippen LogP contribution in [-0.2, 0) is 4.74 Å². The van der Waals surface area contributed by atoms with Crippen LogP contribution in [0.2, 0.25) is 0 Å². The molecule has 0 bridgehead atoms. The van der Waals surface area contributed by atoms with Crippen LogP contribution < -0.4 is 5.32 Å². The maximum atomic E-state index is 8.56. The van der Waals surface area contributed by atoms with Gasteiger partial charge in [0, 0.05) is 43.7 Å². The van der Waals surface area contributed by atoms with E-state index in [1.165, 1.54) is 0 Å². The van der Waals surface area contributed by atoms with Gasteiger partial charge < -0.3 is 10.1 Å². The Balaban J connectivity index is 1.98. The Hall–Kier alpha value is -0.890. The molecule has 2 atom stereocenters. The summed E-state index contributed by atoms with van der Waals surface area (Å²) in [4.78, 5) is 2.48. The van der Waals surface area contributed by atoms with E-state index in [4.69, 9.17) is 10.00 Å². The van der Waals surface area contributed by atoms with Crippen LogP contribution in [0, 0.1) is 17.2 Å². The van der Waals surface area contributed by atoms with Crippen LogP contribution in [0.1, 0.15) is 6.92 Å². The van der Waals surface area contributed by atoms with Gasteiger partial charge in [0.2, 0.25) is 0 Å². The van der Waals surface area contributed by atoms with Crippen molar-refractivity contribution >= 4 is 0 Å². The monoisotopic (exact) mass is 221 g/mol. The summed E-state index contributed by atoms with van der Waals surface area (Å²) < 4.78 is 5.27. The lowest BCUT2D eigenvalue weighted by Crippen LogP contribution is -2.60. The molecule has 88 valence electrons. The number of piperazine rings is 1. The number of rotatable bonds is 3. The lowest BCUT2D eigenvalue weighted by molar-refractivity contribution is -0.0826. The first-order valence-electron chi connectivity index (χ1n) is 5.93. The second-order valence-corrected chi connectivity index (χ2v) is 4.54. The number of nitrogens with one attached hydrogen (secondary N) is 1. The molecule has 2 saturated heterocycles. The molecule has 0 aromatic carbocycles. The second kappa shape index (κ2) is 5.44. The van der Waals surface area contributed by atoms with Crippen molar-refractivity contribution in [3.05, 3.63) is 12.2 Å². The Kier molecular flexibility index (Phi) is 3.94. The van der Waals surface area contributed by atoms with E-state index in [0.717, 1.165) is 32.8 Å². The van der Waals surface area contributed by atoms with Crippen molar-refractivity contribution < 1.29 is 4.74 Å². The lowest BCUT2D eigenvalue weighted by Gasteiger charge is -2.45. The summed E-state index contributed by atoms with van der Waals surface area (Å²) >= 11 is 0. The molecule has 4 heteroatoms. The van der Waals surface area contributed by atoms with Gasteiger partial charge in [-0.1, -0.05) is 6.08 Å². The summed E-state index contributed by atoms with van der Waals surface area (Å²) in [6, 6.07) is 2.96. The molecular weight excluding hydrogens is 202 g/mol. The van der Waals surface area contributed by atoms with Crippen molar-refractivity contribution in [1.29, 1.82) is 5.26 Å². The number of allylic oxidation sites excluding steroid dienone is 1. The molecular formula is C12H19N3O. The smallest absolute Gasteiger partial charge is 0.0909 e. The topological polar surface area (TPSA) is 48.3 Å². The molecule has 0 aliphatic carbocycles. The van der Waals surface area contributed by atoms with Gasteiger partial charge in [-0.25, -0.2) is 0 Å². The molecule has 0 saturated carbocycles. The first-order chi connectivity index (χ1) is 7.83. The largest absolute Gasteiger partial charge is 0.381 e. The highest BCUT2D eigenvalue weighted by molar-refractivity contribution is 5.07. The van der Waals surface area contributed by atoms with E-state index in [9.17, 15) is 0 Å². The fourth-order valence-corrected chi connectivity index (χ4v) is 2.45. The summed E-state index contributed by atoms with van der Waals surface area (Å²) in [7, 11) is 0. The van der Waals surface area contributed by atoms with Gasteiger partial charge in [0.1, 0.15) is 0 Å². The normalized spacial score (nSPS) is 29.9. The van der Waals surface area contributed by atoms with Crippen LogP contribution in [0.4, 0.5) is 0 Å². The van der Waals surface area contributed by atoms with Gasteiger partial charge in [0.25, 0.3) is 0 Å². The average molecular weight is 221 g/mol. The summed E-state index contributed by atoms with van der Waals surface area (Å²) in [5.74, 6) is 0.658. The number of nitrogens with zero attached hydrogens (tertiary/aromatic N) is 2. The zero-order chi connectivity index (χ0) is 11.4. The Morgan fingerprint density at radius 1 is 1.56 bits per heavy atom. The maximum Gasteiger partial charge on any atom is 0.0909 e. The predicted octanol–water partition coefficient (Wildman–Crippen LogP) is 0.375. The molecule has 0 aromatic rings. The van der Waals surface area contributed by atoms with E-state index < -0.39 is 0 Å². The first kappa shape index (κ1) is 11.6. The van der Waals surface area contributed by atoms with Gasteiger partial charge in [-0.3, -0.25) is 4.90 Å². The molecule has 2 aliphatic rings. The van der Waals surface area contributed by atoms with Gasteiger partial charge in [0.15, 0.2) is 0 Å². The van der Waals surface area contributed by atoms with E-state index >= 15 is 0 Å². The molecule has 4 nitrogen and oxygen atoms in total. The highest BCUT2D eigenvalue weighted by atomic mass is 16.5. The highest BCUT2D eigenvalue weighted by Gasteiger charge is 2.35. The van der Waals surface area contributed by atoms with Crippen molar-refractivity contribution in [3.63, 3.8) is 0 Å². The van der Waals surface area contributed by atoms with E-state index in [-0.39, 0.29) is 0 Å². The third kappa shape index (κ3) is 2.43. The van der Waals surface area contributed by atoms with Gasteiger partial charge in [-0.05, 0) is 6.92 Å². The Bertz CT molecular complexity index is 293. The Labute approximate surface area is 96.9 Å².